The molecule has 0 aliphatic carbocycles. The molecule has 0 amide bonds. The molecule has 0 aromatic heterocycles. The first-order valence-electron chi connectivity index (χ1n) is 16.4. The molecule has 2 aromatic carbocycles. The Morgan fingerprint density at radius 3 is 1.61 bits per heavy atom. The molecule has 2 aromatic rings. The van der Waals surface area contributed by atoms with E-state index in [1.54, 1.807) is 0 Å². The average Bonchev–Trinajstić information content (AvgIpc) is 2.98. The number of aliphatic hydroxyl groups is 2. The van der Waals surface area contributed by atoms with Crippen LogP contribution in [0.3, 0.4) is 0 Å². The molecule has 4 heteroatoms. The molecule has 2 N–H and O–H groups in total. The van der Waals surface area contributed by atoms with Crippen LogP contribution < -0.4 is 0 Å². The molecule has 2 atom stereocenters. The Balaban J connectivity index is 1.51. The van der Waals surface area contributed by atoms with E-state index in [1.165, 1.54) is 72.3 Å². The predicted octanol–water partition coefficient (Wildman–Crippen LogP) is 9.72. The second-order valence-corrected chi connectivity index (χ2v) is 16.8. The minimum atomic E-state index is -0.167. The second kappa shape index (κ2) is 16.8. The van der Waals surface area contributed by atoms with Gasteiger partial charge in [0, 0.05) is 10.8 Å². The molecule has 1 fully saturated rings. The van der Waals surface area contributed by atoms with Crippen molar-refractivity contribution < 1.29 is 10.2 Å². The normalized spacial score (nSPS) is 18.2. The summed E-state index contributed by atoms with van der Waals surface area (Å²) in [4.78, 5) is 0. The highest BCUT2D eigenvalue weighted by Gasteiger charge is 2.34. The van der Waals surface area contributed by atoms with E-state index in [4.69, 9.17) is 0 Å². The quantitative estimate of drug-likeness (QED) is 0.168. The maximum Gasteiger partial charge on any atom is 0.0611 e. The Hall–Kier alpha value is -0.940. The summed E-state index contributed by atoms with van der Waals surface area (Å²) in [6, 6.07) is 18.0. The Morgan fingerprint density at radius 2 is 1.20 bits per heavy atom. The van der Waals surface area contributed by atoms with Crippen molar-refractivity contribution in [2.24, 2.45) is 5.92 Å². The van der Waals surface area contributed by atoms with Crippen LogP contribution in [-0.4, -0.2) is 39.0 Å². The summed E-state index contributed by atoms with van der Waals surface area (Å²) in [7, 11) is 0. The van der Waals surface area contributed by atoms with Gasteiger partial charge in [0.1, 0.15) is 0 Å². The fourth-order valence-electron chi connectivity index (χ4n) is 6.36. The van der Waals surface area contributed by atoms with Gasteiger partial charge in [0.25, 0.3) is 0 Å². The van der Waals surface area contributed by atoms with E-state index in [-0.39, 0.29) is 24.0 Å². The number of thioether (sulfide) groups is 2. The lowest BCUT2D eigenvalue weighted by atomic mass is 9.78. The SMILES string of the molecule is CCCc1ccc(C(C)(CO)CCCCC2(CCCCC(C)(CO)c3ccc(CC(C)C)cc3)SCCCS2)cc1. The van der Waals surface area contributed by atoms with Crippen LogP contribution in [0.1, 0.15) is 121 Å². The monoisotopic (exact) mass is 598 g/mol. The number of hydrogen-bond donors (Lipinski definition) is 2. The maximum absolute atomic E-state index is 10.4. The lowest BCUT2D eigenvalue weighted by molar-refractivity contribution is 0.192. The number of aliphatic hydroxyl groups excluding tert-OH is 2. The van der Waals surface area contributed by atoms with Gasteiger partial charge in [0.05, 0.1) is 17.3 Å². The van der Waals surface area contributed by atoms with Crippen LogP contribution >= 0.6 is 23.5 Å². The number of aryl methyl sites for hydroxylation is 1. The third kappa shape index (κ3) is 10.3. The zero-order valence-corrected chi connectivity index (χ0v) is 28.4. The molecule has 3 rings (SSSR count). The molecule has 230 valence electrons. The smallest absolute Gasteiger partial charge is 0.0611 e. The molecule has 0 spiro atoms. The van der Waals surface area contributed by atoms with E-state index >= 15 is 0 Å². The third-order valence-electron chi connectivity index (χ3n) is 9.27. The van der Waals surface area contributed by atoms with Crippen molar-refractivity contribution in [3.63, 3.8) is 0 Å². The Kier molecular flexibility index (Phi) is 14.1. The van der Waals surface area contributed by atoms with Crippen LogP contribution in [0.5, 0.6) is 0 Å². The van der Waals surface area contributed by atoms with Crippen molar-refractivity contribution in [3.8, 4) is 0 Å². The molecule has 1 saturated heterocycles. The van der Waals surface area contributed by atoms with Crippen molar-refractivity contribution >= 4 is 23.5 Å². The van der Waals surface area contributed by atoms with Crippen LogP contribution in [0.4, 0.5) is 0 Å². The fourth-order valence-corrected chi connectivity index (χ4v) is 9.85. The zero-order valence-electron chi connectivity index (χ0n) is 26.7. The van der Waals surface area contributed by atoms with Crippen molar-refractivity contribution in [3.05, 3.63) is 70.8 Å². The minimum Gasteiger partial charge on any atom is -0.395 e. The summed E-state index contributed by atoms with van der Waals surface area (Å²) >= 11 is 4.42. The van der Waals surface area contributed by atoms with Crippen LogP contribution in [-0.2, 0) is 23.7 Å². The summed E-state index contributed by atoms with van der Waals surface area (Å²) in [5.74, 6) is 3.22. The van der Waals surface area contributed by atoms with E-state index in [0.717, 1.165) is 38.5 Å². The van der Waals surface area contributed by atoms with Gasteiger partial charge >= 0.3 is 0 Å². The highest BCUT2D eigenvalue weighted by Crippen LogP contribution is 2.49. The molecule has 2 nitrogen and oxygen atoms in total. The lowest BCUT2D eigenvalue weighted by Crippen LogP contribution is -2.28. The Bertz CT molecular complexity index is 997. The van der Waals surface area contributed by atoms with Gasteiger partial charge in [-0.25, -0.2) is 0 Å². The average molecular weight is 599 g/mol. The molecule has 2 unspecified atom stereocenters. The first-order valence-corrected chi connectivity index (χ1v) is 18.3. The van der Waals surface area contributed by atoms with Crippen molar-refractivity contribution in [2.75, 3.05) is 24.7 Å². The van der Waals surface area contributed by atoms with Gasteiger partial charge in [0.2, 0.25) is 0 Å². The van der Waals surface area contributed by atoms with E-state index in [1.807, 2.05) is 0 Å². The lowest BCUT2D eigenvalue weighted by Gasteiger charge is -2.37. The highest BCUT2D eigenvalue weighted by atomic mass is 32.2. The summed E-state index contributed by atoms with van der Waals surface area (Å²) < 4.78 is 0.337. The Morgan fingerprint density at radius 1 is 0.732 bits per heavy atom. The summed E-state index contributed by atoms with van der Waals surface area (Å²) in [5, 5.41) is 20.7. The largest absolute Gasteiger partial charge is 0.395 e. The van der Waals surface area contributed by atoms with E-state index in [0.29, 0.717) is 10.00 Å². The van der Waals surface area contributed by atoms with Crippen LogP contribution in [0.15, 0.2) is 48.5 Å². The van der Waals surface area contributed by atoms with Gasteiger partial charge in [-0.1, -0.05) is 115 Å². The van der Waals surface area contributed by atoms with Gasteiger partial charge in [-0.2, -0.15) is 0 Å². The van der Waals surface area contributed by atoms with Crippen molar-refractivity contribution in [1.82, 2.24) is 0 Å². The van der Waals surface area contributed by atoms with Crippen LogP contribution in [0.2, 0.25) is 0 Å². The number of benzene rings is 2. The van der Waals surface area contributed by atoms with Crippen LogP contribution in [0, 0.1) is 5.92 Å². The summed E-state index contributed by atoms with van der Waals surface area (Å²) in [5.41, 5.74) is 5.00. The maximum atomic E-state index is 10.4. The molecule has 0 bridgehead atoms. The van der Waals surface area contributed by atoms with Gasteiger partial charge < -0.3 is 10.2 Å². The van der Waals surface area contributed by atoms with Gasteiger partial charge in [-0.15, -0.1) is 23.5 Å². The molecule has 1 aliphatic heterocycles. The van der Waals surface area contributed by atoms with E-state index < -0.39 is 0 Å². The first kappa shape index (κ1) is 34.5. The topological polar surface area (TPSA) is 40.5 Å². The van der Waals surface area contributed by atoms with Crippen molar-refractivity contribution in [1.29, 1.82) is 0 Å². The molecule has 0 saturated carbocycles. The molecular weight excluding hydrogens is 541 g/mol. The third-order valence-corrected chi connectivity index (χ3v) is 12.8. The predicted molar refractivity (Wildman–Crippen MR) is 183 cm³/mol. The molecule has 1 aliphatic rings. The van der Waals surface area contributed by atoms with Crippen molar-refractivity contribution in [2.45, 2.75) is 127 Å². The number of rotatable bonds is 18. The van der Waals surface area contributed by atoms with Gasteiger partial charge in [0.15, 0.2) is 0 Å². The van der Waals surface area contributed by atoms with Gasteiger partial charge in [-0.05, 0) is 84.6 Å². The summed E-state index contributed by atoms with van der Waals surface area (Å²) in [6.45, 7) is 11.6. The minimum absolute atomic E-state index is 0.160. The molecule has 0 radical (unpaired) electrons. The summed E-state index contributed by atoms with van der Waals surface area (Å²) in [6.07, 6.45) is 14.1. The van der Waals surface area contributed by atoms with E-state index in [9.17, 15) is 10.2 Å². The van der Waals surface area contributed by atoms with Gasteiger partial charge in [-0.3, -0.25) is 0 Å². The first-order chi connectivity index (χ1) is 19.7. The standard InChI is InChI=1S/C37H58O2S2/c1-6-12-31-13-17-33(18-14-31)35(4,28-38)21-7-9-23-37(40-25-11-26-41-37)24-10-8-22-36(5,29-39)34-19-15-32(16-20-34)27-30(2)3/h13-20,30,38-39H,6-12,21-29H2,1-5H3. The molecule has 1 heterocycles. The fraction of sp³-hybridized carbons (Fsp3) is 0.676. The Labute approximate surface area is 260 Å². The molecule has 41 heavy (non-hydrogen) atoms. The number of hydrogen-bond acceptors (Lipinski definition) is 4. The molecular formula is C37H58O2S2. The highest BCUT2D eigenvalue weighted by molar-refractivity contribution is 8.18. The number of unbranched alkanes of at least 4 members (excludes halogenated alkanes) is 2. The van der Waals surface area contributed by atoms with Crippen LogP contribution in [0.25, 0.3) is 0 Å². The van der Waals surface area contributed by atoms with E-state index in [2.05, 4.69) is 107 Å². The zero-order chi connectivity index (χ0) is 29.8. The second-order valence-electron chi connectivity index (χ2n) is 13.6.